The number of nitrogens with one attached hydrogen (secondary N) is 2. The van der Waals surface area contributed by atoms with Gasteiger partial charge in [0.25, 0.3) is 5.91 Å². The average Bonchev–Trinajstić information content (AvgIpc) is 3.62. The first-order valence-corrected chi connectivity index (χ1v) is 12.4. The summed E-state index contributed by atoms with van der Waals surface area (Å²) in [5.74, 6) is 1.47. The molecule has 5 rings (SSSR count). The Labute approximate surface area is 215 Å². The minimum atomic E-state index is -0.232. The van der Waals surface area contributed by atoms with Crippen molar-refractivity contribution >= 4 is 5.91 Å². The number of aryl methyl sites for hydroxylation is 1. The molecule has 0 unspecified atom stereocenters. The van der Waals surface area contributed by atoms with E-state index < -0.39 is 0 Å². The van der Waals surface area contributed by atoms with Gasteiger partial charge in [0.1, 0.15) is 5.82 Å². The van der Waals surface area contributed by atoms with Crippen LogP contribution >= 0.6 is 0 Å². The van der Waals surface area contributed by atoms with Crippen molar-refractivity contribution in [1.29, 1.82) is 0 Å². The maximum atomic E-state index is 13.1. The number of H-pyrrole nitrogens is 1. The van der Waals surface area contributed by atoms with Gasteiger partial charge in [-0.3, -0.25) is 4.79 Å². The number of unbranched alkanes of at least 4 members (excludes halogenated alkanes) is 1. The van der Waals surface area contributed by atoms with Gasteiger partial charge in [-0.1, -0.05) is 92.2 Å². The third kappa shape index (κ3) is 5.61. The van der Waals surface area contributed by atoms with Gasteiger partial charge in [0.15, 0.2) is 0 Å². The Balaban J connectivity index is 1.37. The molecule has 186 valence electrons. The summed E-state index contributed by atoms with van der Waals surface area (Å²) in [4.78, 5) is 13.1. The number of rotatable bonds is 10. The number of nitrogens with zero attached hydrogens (tertiary/aromatic N) is 6. The molecule has 3 aromatic carbocycles. The Bertz CT molecular complexity index is 1440. The molecule has 0 fully saturated rings. The van der Waals surface area contributed by atoms with Crippen molar-refractivity contribution in [2.24, 2.45) is 0 Å². The summed E-state index contributed by atoms with van der Waals surface area (Å²) in [6.07, 6.45) is 2.79. The van der Waals surface area contributed by atoms with Gasteiger partial charge in [0.05, 0.1) is 6.54 Å². The standard InChI is InChI=1S/C28H28N8O/c1-2-3-13-25-30-33-27(28(37)29-18-20-9-5-4-6-10-20)36(25)19-21-14-16-22(17-15-21)23-11-7-8-12-24(23)26-31-34-35-32-26/h4-12,14-17H,2-3,13,18-19H2,1H3,(H,29,37)(H,31,32,34,35). The minimum Gasteiger partial charge on any atom is -0.345 e. The topological polar surface area (TPSA) is 114 Å². The largest absolute Gasteiger partial charge is 0.345 e. The van der Waals surface area contributed by atoms with Crippen LogP contribution in [0.25, 0.3) is 22.5 Å². The number of hydrogen-bond donors (Lipinski definition) is 2. The predicted octanol–water partition coefficient (Wildman–Crippen LogP) is 4.45. The molecule has 2 aromatic heterocycles. The number of aromatic amines is 1. The summed E-state index contributed by atoms with van der Waals surface area (Å²) in [6, 6.07) is 26.1. The lowest BCUT2D eigenvalue weighted by atomic mass is 9.98. The summed E-state index contributed by atoms with van der Waals surface area (Å²) in [5.41, 5.74) is 5.05. The quantitative estimate of drug-likeness (QED) is 0.298. The van der Waals surface area contributed by atoms with Crippen LogP contribution in [0.5, 0.6) is 0 Å². The SMILES string of the molecule is CCCCc1nnc(C(=O)NCc2ccccc2)n1Cc1ccc(-c2ccccc2-c2nn[nH]n2)cc1. The van der Waals surface area contributed by atoms with Crippen LogP contribution in [-0.2, 0) is 19.5 Å². The van der Waals surface area contributed by atoms with E-state index >= 15 is 0 Å². The van der Waals surface area contributed by atoms with Crippen LogP contribution in [0.3, 0.4) is 0 Å². The van der Waals surface area contributed by atoms with Gasteiger partial charge in [0.2, 0.25) is 11.6 Å². The fraction of sp³-hybridized carbons (Fsp3) is 0.214. The molecule has 2 N–H and O–H groups in total. The van der Waals surface area contributed by atoms with Gasteiger partial charge in [-0.2, -0.15) is 5.21 Å². The fourth-order valence-electron chi connectivity index (χ4n) is 4.22. The molecule has 37 heavy (non-hydrogen) atoms. The highest BCUT2D eigenvalue weighted by Gasteiger charge is 2.19. The molecule has 9 heteroatoms. The predicted molar refractivity (Wildman–Crippen MR) is 140 cm³/mol. The van der Waals surface area contributed by atoms with Gasteiger partial charge >= 0.3 is 0 Å². The number of hydrogen-bond acceptors (Lipinski definition) is 6. The first-order valence-electron chi connectivity index (χ1n) is 12.4. The molecule has 0 spiro atoms. The number of carbonyl (C=O) groups is 1. The second-order valence-corrected chi connectivity index (χ2v) is 8.78. The van der Waals surface area contributed by atoms with Gasteiger partial charge in [-0.05, 0) is 33.9 Å². The Morgan fingerprint density at radius 2 is 1.62 bits per heavy atom. The second-order valence-electron chi connectivity index (χ2n) is 8.78. The maximum absolute atomic E-state index is 13.1. The van der Waals surface area contributed by atoms with Crippen LogP contribution in [0, 0.1) is 0 Å². The van der Waals surface area contributed by atoms with Gasteiger partial charge in [-0.15, -0.1) is 20.4 Å². The molecule has 0 atom stereocenters. The third-order valence-corrected chi connectivity index (χ3v) is 6.20. The Hall–Kier alpha value is -4.66. The molecule has 5 aromatic rings. The van der Waals surface area contributed by atoms with Crippen LogP contribution < -0.4 is 5.32 Å². The molecule has 0 aliphatic heterocycles. The molecule has 0 bridgehead atoms. The van der Waals surface area contributed by atoms with E-state index in [9.17, 15) is 4.79 Å². The summed E-state index contributed by atoms with van der Waals surface area (Å²) < 4.78 is 1.93. The first-order chi connectivity index (χ1) is 18.2. The van der Waals surface area contributed by atoms with E-state index in [2.05, 4.69) is 67.3 Å². The Morgan fingerprint density at radius 1 is 0.865 bits per heavy atom. The smallest absolute Gasteiger partial charge is 0.289 e. The van der Waals surface area contributed by atoms with E-state index in [0.717, 1.165) is 52.9 Å². The number of benzene rings is 3. The van der Waals surface area contributed by atoms with Crippen LogP contribution in [0.2, 0.25) is 0 Å². The fourth-order valence-corrected chi connectivity index (χ4v) is 4.22. The molecular weight excluding hydrogens is 464 g/mol. The van der Waals surface area contributed by atoms with E-state index in [4.69, 9.17) is 0 Å². The van der Waals surface area contributed by atoms with Crippen molar-refractivity contribution < 1.29 is 4.79 Å². The Morgan fingerprint density at radius 3 is 2.35 bits per heavy atom. The highest BCUT2D eigenvalue weighted by Crippen LogP contribution is 2.30. The molecule has 0 radical (unpaired) electrons. The highest BCUT2D eigenvalue weighted by atomic mass is 16.2. The summed E-state index contributed by atoms with van der Waals surface area (Å²) in [5, 5.41) is 26.1. The van der Waals surface area contributed by atoms with Crippen molar-refractivity contribution in [1.82, 2.24) is 40.7 Å². The zero-order valence-corrected chi connectivity index (χ0v) is 20.6. The molecule has 9 nitrogen and oxygen atoms in total. The van der Waals surface area contributed by atoms with Crippen molar-refractivity contribution in [3.8, 4) is 22.5 Å². The van der Waals surface area contributed by atoms with Crippen molar-refractivity contribution in [3.63, 3.8) is 0 Å². The maximum Gasteiger partial charge on any atom is 0.289 e. The van der Waals surface area contributed by atoms with Crippen LogP contribution in [0.15, 0.2) is 78.9 Å². The Kier molecular flexibility index (Phi) is 7.40. The van der Waals surface area contributed by atoms with Crippen molar-refractivity contribution in [2.45, 2.75) is 39.3 Å². The third-order valence-electron chi connectivity index (χ3n) is 6.20. The highest BCUT2D eigenvalue weighted by molar-refractivity contribution is 5.90. The van der Waals surface area contributed by atoms with E-state index in [1.54, 1.807) is 0 Å². The summed E-state index contributed by atoms with van der Waals surface area (Å²) >= 11 is 0. The minimum absolute atomic E-state index is 0.232. The van der Waals surface area contributed by atoms with Crippen molar-refractivity contribution in [2.75, 3.05) is 0 Å². The molecule has 2 heterocycles. The van der Waals surface area contributed by atoms with Crippen LogP contribution in [-0.4, -0.2) is 41.3 Å². The molecule has 0 saturated carbocycles. The molecule has 0 saturated heterocycles. The van der Waals surface area contributed by atoms with Crippen LogP contribution in [0.4, 0.5) is 0 Å². The molecular formula is C28H28N8O. The van der Waals surface area contributed by atoms with Gasteiger partial charge < -0.3 is 9.88 Å². The van der Waals surface area contributed by atoms with Gasteiger partial charge in [0, 0.05) is 18.5 Å². The van der Waals surface area contributed by atoms with Crippen molar-refractivity contribution in [3.05, 3.63) is 102 Å². The van der Waals surface area contributed by atoms with Crippen LogP contribution in [0.1, 0.15) is 47.3 Å². The lowest BCUT2D eigenvalue weighted by Gasteiger charge is -2.12. The van der Waals surface area contributed by atoms with E-state index in [1.807, 2.05) is 59.2 Å². The number of amides is 1. The number of aromatic nitrogens is 7. The molecule has 0 aliphatic carbocycles. The number of carbonyl (C=O) groups excluding carboxylic acids is 1. The zero-order valence-electron chi connectivity index (χ0n) is 20.6. The van der Waals surface area contributed by atoms with E-state index in [-0.39, 0.29) is 5.91 Å². The monoisotopic (exact) mass is 492 g/mol. The summed E-state index contributed by atoms with van der Waals surface area (Å²) in [7, 11) is 0. The molecule has 0 aliphatic rings. The molecule has 1 amide bonds. The first kappa shape index (κ1) is 24.1. The lowest BCUT2D eigenvalue weighted by Crippen LogP contribution is -2.27. The summed E-state index contributed by atoms with van der Waals surface area (Å²) in [6.45, 7) is 3.08. The number of tetrazole rings is 1. The zero-order chi connectivity index (χ0) is 25.5. The normalized spacial score (nSPS) is 10.9. The second kappa shape index (κ2) is 11.4. The lowest BCUT2D eigenvalue weighted by molar-refractivity contribution is 0.0936. The van der Waals surface area contributed by atoms with E-state index in [1.165, 1.54) is 0 Å². The van der Waals surface area contributed by atoms with Gasteiger partial charge in [-0.25, -0.2) is 0 Å². The average molecular weight is 493 g/mol. The van der Waals surface area contributed by atoms with E-state index in [0.29, 0.717) is 24.7 Å².